The number of rotatable bonds is 13. The van der Waals surface area contributed by atoms with Crippen molar-refractivity contribution in [3.05, 3.63) is 24.3 Å². The third kappa shape index (κ3) is 18.3. The van der Waals surface area contributed by atoms with Gasteiger partial charge in [-0.05, 0) is 25.7 Å². The molecule has 5 heteroatoms. The van der Waals surface area contributed by atoms with Crippen LogP contribution >= 0.6 is 0 Å². The van der Waals surface area contributed by atoms with Crippen LogP contribution in [0.3, 0.4) is 0 Å². The average molecular weight is 328 g/mol. The summed E-state index contributed by atoms with van der Waals surface area (Å²) in [5, 5.41) is 25.0. The SMILES string of the molecule is C=C(CCCCCCCCC)C(=O)O.C=C(CCCO)C(=O)O. The van der Waals surface area contributed by atoms with Crippen molar-refractivity contribution in [2.24, 2.45) is 0 Å². The topological polar surface area (TPSA) is 94.8 Å². The Morgan fingerprint density at radius 2 is 1.13 bits per heavy atom. The highest BCUT2D eigenvalue weighted by Gasteiger charge is 2.02. The van der Waals surface area contributed by atoms with Crippen LogP contribution < -0.4 is 0 Å². The molecule has 0 bridgehead atoms. The Bertz CT molecular complexity index is 360. The fourth-order valence-corrected chi connectivity index (χ4v) is 1.80. The molecule has 0 amide bonds. The first kappa shape index (κ1) is 23.6. The van der Waals surface area contributed by atoms with Gasteiger partial charge in [0.2, 0.25) is 0 Å². The monoisotopic (exact) mass is 328 g/mol. The van der Waals surface area contributed by atoms with Crippen LogP contribution in [0.4, 0.5) is 0 Å². The minimum Gasteiger partial charge on any atom is -0.478 e. The summed E-state index contributed by atoms with van der Waals surface area (Å²) in [6.07, 6.45) is 10.0. The van der Waals surface area contributed by atoms with E-state index in [0.717, 1.165) is 12.8 Å². The fraction of sp³-hybridized carbons (Fsp3) is 0.667. The molecule has 0 aliphatic rings. The van der Waals surface area contributed by atoms with Crippen molar-refractivity contribution in [1.82, 2.24) is 0 Å². The van der Waals surface area contributed by atoms with Crippen LogP contribution in [0.15, 0.2) is 24.3 Å². The van der Waals surface area contributed by atoms with E-state index in [1.165, 1.54) is 32.1 Å². The predicted octanol–water partition coefficient (Wildman–Crippen LogP) is 4.17. The van der Waals surface area contributed by atoms with Crippen molar-refractivity contribution in [1.29, 1.82) is 0 Å². The lowest BCUT2D eigenvalue weighted by molar-refractivity contribution is -0.133. The molecule has 3 N–H and O–H groups in total. The normalized spacial score (nSPS) is 9.65. The molecule has 0 fully saturated rings. The standard InChI is InChI=1S/C12H22O2.C6H10O3/c1-3-4-5-6-7-8-9-10-11(2)12(13)14;1-5(6(8)9)3-2-4-7/h2-10H2,1H3,(H,13,14);7H,1-4H2,(H,8,9). The first-order chi connectivity index (χ1) is 10.9. The second kappa shape index (κ2) is 16.7. The van der Waals surface area contributed by atoms with Gasteiger partial charge in [-0.2, -0.15) is 0 Å². The number of aliphatic hydroxyl groups excluding tert-OH is 1. The van der Waals surface area contributed by atoms with Gasteiger partial charge in [0.05, 0.1) is 0 Å². The number of unbranched alkanes of at least 4 members (excludes halogenated alkanes) is 6. The molecule has 0 saturated carbocycles. The molecule has 0 aliphatic heterocycles. The summed E-state index contributed by atoms with van der Waals surface area (Å²) >= 11 is 0. The maximum Gasteiger partial charge on any atom is 0.330 e. The number of carboxylic acid groups (broad SMARTS) is 2. The molecule has 5 nitrogen and oxygen atoms in total. The fourth-order valence-electron chi connectivity index (χ4n) is 1.80. The van der Waals surface area contributed by atoms with Crippen molar-refractivity contribution in [2.75, 3.05) is 6.61 Å². The van der Waals surface area contributed by atoms with E-state index in [9.17, 15) is 9.59 Å². The summed E-state index contributed by atoms with van der Waals surface area (Å²) in [6.45, 7) is 9.01. The summed E-state index contributed by atoms with van der Waals surface area (Å²) in [5.41, 5.74) is 0.502. The highest BCUT2D eigenvalue weighted by Crippen LogP contribution is 2.11. The van der Waals surface area contributed by atoms with Gasteiger partial charge in [0.25, 0.3) is 0 Å². The molecule has 0 rings (SSSR count). The van der Waals surface area contributed by atoms with Gasteiger partial charge in [-0.15, -0.1) is 0 Å². The van der Waals surface area contributed by atoms with Gasteiger partial charge in [-0.3, -0.25) is 0 Å². The summed E-state index contributed by atoms with van der Waals surface area (Å²) in [7, 11) is 0. The Morgan fingerprint density at radius 3 is 1.52 bits per heavy atom. The van der Waals surface area contributed by atoms with E-state index < -0.39 is 11.9 Å². The maximum absolute atomic E-state index is 10.4. The lowest BCUT2D eigenvalue weighted by atomic mass is 10.1. The smallest absolute Gasteiger partial charge is 0.330 e. The molecule has 134 valence electrons. The molecule has 0 aromatic carbocycles. The molecule has 0 saturated heterocycles. The summed E-state index contributed by atoms with van der Waals surface area (Å²) < 4.78 is 0. The molecule has 0 aromatic heterocycles. The summed E-state index contributed by atoms with van der Waals surface area (Å²) in [6, 6.07) is 0. The van der Waals surface area contributed by atoms with Crippen LogP contribution in [0.2, 0.25) is 0 Å². The Balaban J connectivity index is 0. The first-order valence-electron chi connectivity index (χ1n) is 8.29. The zero-order valence-electron chi connectivity index (χ0n) is 14.4. The van der Waals surface area contributed by atoms with Crippen LogP contribution in [-0.4, -0.2) is 33.9 Å². The zero-order valence-corrected chi connectivity index (χ0v) is 14.4. The van der Waals surface area contributed by atoms with Gasteiger partial charge in [0.1, 0.15) is 0 Å². The van der Waals surface area contributed by atoms with Gasteiger partial charge >= 0.3 is 11.9 Å². The summed E-state index contributed by atoms with van der Waals surface area (Å²) in [5.74, 6) is -1.83. The molecule has 0 radical (unpaired) electrons. The Kier molecular flexibility index (Phi) is 17.2. The van der Waals surface area contributed by atoms with E-state index in [1.807, 2.05) is 0 Å². The number of aliphatic carboxylic acids is 2. The molecule has 0 aromatic rings. The molecular formula is C18H32O5. The molecule has 0 spiro atoms. The van der Waals surface area contributed by atoms with Crippen molar-refractivity contribution < 1.29 is 24.9 Å². The third-order valence-electron chi connectivity index (χ3n) is 3.32. The van der Waals surface area contributed by atoms with E-state index in [1.54, 1.807) is 0 Å². The summed E-state index contributed by atoms with van der Waals surface area (Å²) in [4.78, 5) is 20.4. The lowest BCUT2D eigenvalue weighted by Crippen LogP contribution is -1.99. The highest BCUT2D eigenvalue weighted by molar-refractivity contribution is 5.85. The Hall–Kier alpha value is -1.62. The van der Waals surface area contributed by atoms with Gasteiger partial charge in [0, 0.05) is 17.8 Å². The quantitative estimate of drug-likeness (QED) is 0.348. The van der Waals surface area contributed by atoms with E-state index in [0.29, 0.717) is 24.8 Å². The van der Waals surface area contributed by atoms with Gasteiger partial charge in [-0.25, -0.2) is 9.59 Å². The van der Waals surface area contributed by atoms with Crippen LogP contribution in [0.5, 0.6) is 0 Å². The van der Waals surface area contributed by atoms with Crippen molar-refractivity contribution in [2.45, 2.75) is 71.1 Å². The van der Waals surface area contributed by atoms with Gasteiger partial charge < -0.3 is 15.3 Å². The van der Waals surface area contributed by atoms with Crippen LogP contribution in [0, 0.1) is 0 Å². The Labute approximate surface area is 139 Å². The largest absolute Gasteiger partial charge is 0.478 e. The van der Waals surface area contributed by atoms with Gasteiger partial charge in [-0.1, -0.05) is 58.6 Å². The van der Waals surface area contributed by atoms with Crippen molar-refractivity contribution >= 4 is 11.9 Å². The number of hydrogen-bond donors (Lipinski definition) is 3. The minimum absolute atomic E-state index is 0.0201. The maximum atomic E-state index is 10.4. The van der Waals surface area contributed by atoms with E-state index in [-0.39, 0.29) is 12.2 Å². The van der Waals surface area contributed by atoms with Crippen LogP contribution in [-0.2, 0) is 9.59 Å². The van der Waals surface area contributed by atoms with Gasteiger partial charge in [0.15, 0.2) is 0 Å². The molecule has 0 atom stereocenters. The number of aliphatic hydroxyl groups is 1. The zero-order chi connectivity index (χ0) is 18.1. The Morgan fingerprint density at radius 1 is 0.739 bits per heavy atom. The molecule has 23 heavy (non-hydrogen) atoms. The molecule has 0 aliphatic carbocycles. The number of carbonyl (C=O) groups is 2. The minimum atomic E-state index is -0.983. The van der Waals surface area contributed by atoms with Crippen LogP contribution in [0.25, 0.3) is 0 Å². The van der Waals surface area contributed by atoms with E-state index >= 15 is 0 Å². The van der Waals surface area contributed by atoms with E-state index in [4.69, 9.17) is 15.3 Å². The lowest BCUT2D eigenvalue weighted by Gasteiger charge is -2.01. The molecule has 0 heterocycles. The number of hydrogen-bond acceptors (Lipinski definition) is 3. The third-order valence-corrected chi connectivity index (χ3v) is 3.32. The second-order valence-corrected chi connectivity index (χ2v) is 5.52. The van der Waals surface area contributed by atoms with Crippen molar-refractivity contribution in [3.8, 4) is 0 Å². The number of carboxylic acids is 2. The first-order valence-corrected chi connectivity index (χ1v) is 8.29. The average Bonchev–Trinajstić information content (AvgIpc) is 2.51. The molecular weight excluding hydrogens is 296 g/mol. The molecule has 0 unspecified atom stereocenters. The highest BCUT2D eigenvalue weighted by atomic mass is 16.4. The van der Waals surface area contributed by atoms with Crippen LogP contribution in [0.1, 0.15) is 71.1 Å². The predicted molar refractivity (Wildman–Crippen MR) is 92.5 cm³/mol. The second-order valence-electron chi connectivity index (χ2n) is 5.52. The van der Waals surface area contributed by atoms with Crippen molar-refractivity contribution in [3.63, 3.8) is 0 Å². The van der Waals surface area contributed by atoms with E-state index in [2.05, 4.69) is 20.1 Å².